The first kappa shape index (κ1) is 17.9. The third-order valence-electron chi connectivity index (χ3n) is 4.12. The van der Waals surface area contributed by atoms with Crippen molar-refractivity contribution in [1.82, 2.24) is 9.80 Å². The first-order chi connectivity index (χ1) is 10.5. The monoisotopic (exact) mass is 333 g/mol. The molecule has 2 unspecified atom stereocenters. The average molecular weight is 333 g/mol. The highest BCUT2D eigenvalue weighted by atomic mass is 19.3. The van der Waals surface area contributed by atoms with Crippen LogP contribution in [0, 0.1) is 5.92 Å². The molecule has 0 aromatic rings. The average Bonchev–Trinajstić information content (AvgIpc) is 2.99. The van der Waals surface area contributed by atoms with Gasteiger partial charge in [0.2, 0.25) is 5.91 Å². The summed E-state index contributed by atoms with van der Waals surface area (Å²) >= 11 is 0. The molecule has 2 rings (SSSR count). The van der Waals surface area contributed by atoms with Crippen LogP contribution in [0.2, 0.25) is 0 Å². The zero-order valence-corrected chi connectivity index (χ0v) is 13.8. The minimum Gasteiger partial charge on any atom is -0.444 e. The van der Waals surface area contributed by atoms with Crippen molar-refractivity contribution in [2.24, 2.45) is 11.7 Å². The van der Waals surface area contributed by atoms with Gasteiger partial charge in [-0.2, -0.15) is 0 Å². The number of ether oxygens (including phenoxy) is 1. The summed E-state index contributed by atoms with van der Waals surface area (Å²) in [4.78, 5) is 27.4. The lowest BCUT2D eigenvalue weighted by Gasteiger charge is -2.30. The van der Waals surface area contributed by atoms with Crippen LogP contribution >= 0.6 is 0 Å². The number of hydrogen-bond donors (Lipinski definition) is 1. The molecule has 2 aliphatic rings. The number of carbonyl (C=O) groups excluding carboxylic acids is 2. The van der Waals surface area contributed by atoms with Gasteiger partial charge in [-0.1, -0.05) is 0 Å². The number of alkyl halides is 2. The van der Waals surface area contributed by atoms with Crippen molar-refractivity contribution in [3.8, 4) is 0 Å². The van der Waals surface area contributed by atoms with Gasteiger partial charge in [-0.05, 0) is 39.7 Å². The maximum atomic E-state index is 13.3. The molecule has 2 saturated heterocycles. The number of rotatable bonds is 2. The van der Waals surface area contributed by atoms with Crippen LogP contribution in [0.25, 0.3) is 0 Å². The summed E-state index contributed by atoms with van der Waals surface area (Å²) in [6.07, 6.45) is -0.549. The van der Waals surface area contributed by atoms with Gasteiger partial charge in [0.05, 0.1) is 6.54 Å². The maximum Gasteiger partial charge on any atom is 0.410 e. The Balaban J connectivity index is 2.10. The van der Waals surface area contributed by atoms with Gasteiger partial charge in [0.1, 0.15) is 11.6 Å². The SMILES string of the molecule is CC(C)(C)OC(=O)N1CC(CN)CC1C(=O)N1CCC(F)(F)C1. The summed E-state index contributed by atoms with van der Waals surface area (Å²) in [5.41, 5.74) is 4.97. The Hall–Kier alpha value is -1.44. The molecule has 2 aliphatic heterocycles. The lowest BCUT2D eigenvalue weighted by Crippen LogP contribution is -2.48. The van der Waals surface area contributed by atoms with Crippen molar-refractivity contribution >= 4 is 12.0 Å². The maximum absolute atomic E-state index is 13.3. The van der Waals surface area contributed by atoms with Gasteiger partial charge < -0.3 is 15.4 Å². The zero-order valence-electron chi connectivity index (χ0n) is 13.8. The van der Waals surface area contributed by atoms with E-state index in [2.05, 4.69) is 0 Å². The van der Waals surface area contributed by atoms with E-state index in [1.165, 1.54) is 4.90 Å². The topological polar surface area (TPSA) is 75.9 Å². The molecule has 8 heteroatoms. The van der Waals surface area contributed by atoms with E-state index in [0.717, 1.165) is 4.90 Å². The second-order valence-electron chi connectivity index (χ2n) is 7.35. The Kier molecular flexibility index (Phi) is 4.84. The molecule has 23 heavy (non-hydrogen) atoms. The highest BCUT2D eigenvalue weighted by molar-refractivity contribution is 5.86. The molecule has 0 spiro atoms. The van der Waals surface area contributed by atoms with Gasteiger partial charge in [-0.15, -0.1) is 0 Å². The van der Waals surface area contributed by atoms with Gasteiger partial charge in [-0.25, -0.2) is 13.6 Å². The van der Waals surface area contributed by atoms with Gasteiger partial charge in [0, 0.05) is 19.5 Å². The van der Waals surface area contributed by atoms with Gasteiger partial charge in [0.15, 0.2) is 0 Å². The Morgan fingerprint density at radius 1 is 1.35 bits per heavy atom. The second-order valence-corrected chi connectivity index (χ2v) is 7.35. The Labute approximate surface area is 134 Å². The number of halogens is 2. The molecule has 2 atom stereocenters. The van der Waals surface area contributed by atoms with Crippen LogP contribution in [-0.4, -0.2) is 65.5 Å². The molecule has 0 aliphatic carbocycles. The molecule has 0 aromatic heterocycles. The zero-order chi connectivity index (χ0) is 17.4. The van der Waals surface area contributed by atoms with Crippen molar-refractivity contribution < 1.29 is 23.1 Å². The molecule has 2 amide bonds. The van der Waals surface area contributed by atoms with Gasteiger partial charge in [0.25, 0.3) is 5.92 Å². The Morgan fingerprint density at radius 2 is 2.00 bits per heavy atom. The second kappa shape index (κ2) is 6.22. The predicted molar refractivity (Wildman–Crippen MR) is 80.0 cm³/mol. The molecule has 0 radical (unpaired) electrons. The van der Waals surface area contributed by atoms with E-state index < -0.39 is 36.1 Å². The van der Waals surface area contributed by atoms with Crippen LogP contribution in [-0.2, 0) is 9.53 Å². The van der Waals surface area contributed by atoms with Crippen LogP contribution in [0.3, 0.4) is 0 Å². The number of hydrogen-bond acceptors (Lipinski definition) is 4. The van der Waals surface area contributed by atoms with Crippen LogP contribution in [0.1, 0.15) is 33.6 Å². The fraction of sp³-hybridized carbons (Fsp3) is 0.867. The Bertz CT molecular complexity index is 479. The van der Waals surface area contributed by atoms with E-state index in [0.29, 0.717) is 19.5 Å². The molecular formula is C15H25F2N3O3. The highest BCUT2D eigenvalue weighted by Crippen LogP contribution is 2.31. The summed E-state index contributed by atoms with van der Waals surface area (Å²) in [5, 5.41) is 0. The fourth-order valence-electron chi connectivity index (χ4n) is 2.98. The summed E-state index contributed by atoms with van der Waals surface area (Å²) in [7, 11) is 0. The number of likely N-dealkylation sites (tertiary alicyclic amines) is 2. The smallest absolute Gasteiger partial charge is 0.410 e. The van der Waals surface area contributed by atoms with Crippen LogP contribution in [0.5, 0.6) is 0 Å². The van der Waals surface area contributed by atoms with Gasteiger partial charge in [-0.3, -0.25) is 9.69 Å². The number of carbonyl (C=O) groups is 2. The number of nitrogens with two attached hydrogens (primary N) is 1. The number of nitrogens with zero attached hydrogens (tertiary/aromatic N) is 2. The first-order valence-corrected chi connectivity index (χ1v) is 7.89. The van der Waals surface area contributed by atoms with Crippen molar-refractivity contribution in [3.63, 3.8) is 0 Å². The standard InChI is InChI=1S/C15H25F2N3O3/c1-14(2,3)23-13(22)20-8-10(7-18)6-11(20)12(21)19-5-4-15(16,17)9-19/h10-11H,4-9,18H2,1-3H3. The molecule has 0 bridgehead atoms. The normalized spacial score (nSPS) is 27.4. The van der Waals surface area contributed by atoms with E-state index in [-0.39, 0.29) is 18.9 Å². The van der Waals surface area contributed by atoms with Crippen molar-refractivity contribution in [1.29, 1.82) is 0 Å². The van der Waals surface area contributed by atoms with E-state index in [9.17, 15) is 18.4 Å². The summed E-state index contributed by atoms with van der Waals surface area (Å²) < 4.78 is 32.0. The first-order valence-electron chi connectivity index (χ1n) is 7.89. The lowest BCUT2D eigenvalue weighted by molar-refractivity contribution is -0.136. The third kappa shape index (κ3) is 4.31. The molecule has 6 nitrogen and oxygen atoms in total. The van der Waals surface area contributed by atoms with Crippen molar-refractivity contribution in [3.05, 3.63) is 0 Å². The third-order valence-corrected chi connectivity index (χ3v) is 4.12. The lowest BCUT2D eigenvalue weighted by atomic mass is 10.1. The molecule has 0 aromatic carbocycles. The molecule has 0 saturated carbocycles. The Morgan fingerprint density at radius 3 is 2.48 bits per heavy atom. The summed E-state index contributed by atoms with van der Waals surface area (Å²) in [6.45, 7) is 5.28. The largest absolute Gasteiger partial charge is 0.444 e. The van der Waals surface area contributed by atoms with Crippen LogP contribution < -0.4 is 5.73 Å². The van der Waals surface area contributed by atoms with Crippen LogP contribution in [0.15, 0.2) is 0 Å². The van der Waals surface area contributed by atoms with Crippen molar-refractivity contribution in [2.45, 2.75) is 51.2 Å². The predicted octanol–water partition coefficient (Wildman–Crippen LogP) is 1.44. The molecule has 2 fully saturated rings. The minimum atomic E-state index is -2.85. The molecule has 132 valence electrons. The van der Waals surface area contributed by atoms with E-state index in [1.807, 2.05) is 0 Å². The molecule has 2 N–H and O–H groups in total. The fourth-order valence-corrected chi connectivity index (χ4v) is 2.98. The van der Waals surface area contributed by atoms with E-state index in [4.69, 9.17) is 10.5 Å². The number of amides is 2. The highest BCUT2D eigenvalue weighted by Gasteiger charge is 2.47. The van der Waals surface area contributed by atoms with E-state index >= 15 is 0 Å². The summed E-state index contributed by atoms with van der Waals surface area (Å²) in [6, 6.07) is -0.771. The van der Waals surface area contributed by atoms with E-state index in [1.54, 1.807) is 20.8 Å². The minimum absolute atomic E-state index is 0.0117. The molecule has 2 heterocycles. The molecular weight excluding hydrogens is 308 g/mol. The van der Waals surface area contributed by atoms with Gasteiger partial charge >= 0.3 is 6.09 Å². The van der Waals surface area contributed by atoms with Crippen molar-refractivity contribution in [2.75, 3.05) is 26.2 Å². The van der Waals surface area contributed by atoms with Crippen LogP contribution in [0.4, 0.5) is 13.6 Å². The quantitative estimate of drug-likeness (QED) is 0.830. The summed E-state index contributed by atoms with van der Waals surface area (Å²) in [5.74, 6) is -3.32.